The summed E-state index contributed by atoms with van der Waals surface area (Å²) in [4.78, 5) is 6.70. The van der Waals surface area contributed by atoms with Crippen LogP contribution >= 0.6 is 0 Å². The third-order valence-corrected chi connectivity index (χ3v) is 4.51. The van der Waals surface area contributed by atoms with Gasteiger partial charge in [-0.15, -0.1) is 0 Å². The van der Waals surface area contributed by atoms with Gasteiger partial charge in [-0.05, 0) is 37.5 Å². The van der Waals surface area contributed by atoms with Crippen molar-refractivity contribution < 1.29 is 14.2 Å². The minimum absolute atomic E-state index is 0.633. The summed E-state index contributed by atoms with van der Waals surface area (Å²) in [6.07, 6.45) is 1.99. The number of benzene rings is 1. The Bertz CT molecular complexity index is 574. The number of hydrogen-bond donors (Lipinski definition) is 2. The zero-order valence-corrected chi connectivity index (χ0v) is 16.9. The summed E-state index contributed by atoms with van der Waals surface area (Å²) in [5, 5.41) is 6.76. The van der Waals surface area contributed by atoms with Gasteiger partial charge in [-0.2, -0.15) is 0 Å². The van der Waals surface area contributed by atoms with Gasteiger partial charge in [0.25, 0.3) is 0 Å². The molecule has 1 heterocycles. The Morgan fingerprint density at radius 1 is 1.19 bits per heavy atom. The van der Waals surface area contributed by atoms with Gasteiger partial charge < -0.3 is 24.8 Å². The molecule has 0 atom stereocenters. The van der Waals surface area contributed by atoms with E-state index in [2.05, 4.69) is 32.7 Å². The van der Waals surface area contributed by atoms with Crippen LogP contribution < -0.4 is 20.1 Å². The lowest BCUT2D eigenvalue weighted by molar-refractivity contribution is 0.0389. The smallest absolute Gasteiger partial charge is 0.191 e. The highest BCUT2D eigenvalue weighted by Crippen LogP contribution is 2.28. The van der Waals surface area contributed by atoms with Crippen LogP contribution in [0, 0.1) is 0 Å². The second-order valence-electron chi connectivity index (χ2n) is 6.40. The summed E-state index contributed by atoms with van der Waals surface area (Å²) in [7, 11) is 3.47. The first-order valence-electron chi connectivity index (χ1n) is 9.81. The van der Waals surface area contributed by atoms with Crippen molar-refractivity contribution in [1.82, 2.24) is 15.5 Å². The number of nitrogens with zero attached hydrogens (tertiary/aromatic N) is 2. The summed E-state index contributed by atoms with van der Waals surface area (Å²) in [6.45, 7) is 9.08. The van der Waals surface area contributed by atoms with E-state index in [-0.39, 0.29) is 0 Å². The zero-order chi connectivity index (χ0) is 19.3. The van der Waals surface area contributed by atoms with Gasteiger partial charge in [0.1, 0.15) is 0 Å². The van der Waals surface area contributed by atoms with E-state index in [4.69, 9.17) is 14.2 Å². The highest BCUT2D eigenvalue weighted by atomic mass is 16.5. The number of aliphatic imine (C=N–C) groups is 1. The first-order chi connectivity index (χ1) is 13.3. The molecule has 7 heteroatoms. The molecule has 0 unspecified atom stereocenters. The van der Waals surface area contributed by atoms with E-state index >= 15 is 0 Å². The Kier molecular flexibility index (Phi) is 9.79. The molecule has 1 saturated heterocycles. The summed E-state index contributed by atoms with van der Waals surface area (Å²) in [5.41, 5.74) is 1.25. The zero-order valence-electron chi connectivity index (χ0n) is 16.9. The molecule has 27 heavy (non-hydrogen) atoms. The van der Waals surface area contributed by atoms with E-state index < -0.39 is 0 Å². The average molecular weight is 379 g/mol. The van der Waals surface area contributed by atoms with Crippen molar-refractivity contribution in [3.63, 3.8) is 0 Å². The van der Waals surface area contributed by atoms with Gasteiger partial charge in [-0.25, -0.2) is 0 Å². The van der Waals surface area contributed by atoms with Crippen LogP contribution in [0.1, 0.15) is 18.9 Å². The first kappa shape index (κ1) is 21.3. The molecule has 2 N–H and O–H groups in total. The van der Waals surface area contributed by atoms with Crippen LogP contribution in [-0.2, 0) is 11.2 Å². The van der Waals surface area contributed by atoms with Crippen LogP contribution in [0.25, 0.3) is 0 Å². The van der Waals surface area contributed by atoms with Gasteiger partial charge in [0.2, 0.25) is 0 Å². The van der Waals surface area contributed by atoms with Crippen LogP contribution in [0.4, 0.5) is 0 Å². The standard InChI is InChI=1S/C20H34N4O3/c1-4-27-19-16-17(7-8-18(19)25-3)6-5-9-22-20(21-2)23-10-11-24-12-14-26-15-13-24/h7-8,16H,4-6,9-15H2,1-3H3,(H2,21,22,23). The number of morpholine rings is 1. The summed E-state index contributed by atoms with van der Waals surface area (Å²) in [5.74, 6) is 2.45. The van der Waals surface area contributed by atoms with Crippen molar-refractivity contribution in [3.8, 4) is 11.5 Å². The van der Waals surface area contributed by atoms with Crippen LogP contribution in [0.3, 0.4) is 0 Å². The number of hydrogen-bond acceptors (Lipinski definition) is 5. The topological polar surface area (TPSA) is 67.4 Å². The molecule has 1 aromatic carbocycles. The SMILES string of the molecule is CCOc1cc(CCCNC(=NC)NCCN2CCOCC2)ccc1OC. The summed E-state index contributed by atoms with van der Waals surface area (Å²) in [6, 6.07) is 6.13. The van der Waals surface area contributed by atoms with Gasteiger partial charge in [0.15, 0.2) is 17.5 Å². The molecule has 1 aliphatic heterocycles. The highest BCUT2D eigenvalue weighted by molar-refractivity contribution is 5.79. The molecular formula is C20H34N4O3. The molecule has 0 saturated carbocycles. The molecule has 0 radical (unpaired) electrons. The number of aryl methyl sites for hydroxylation is 1. The fraction of sp³-hybridized carbons (Fsp3) is 0.650. The minimum atomic E-state index is 0.633. The van der Waals surface area contributed by atoms with Crippen LogP contribution in [0.2, 0.25) is 0 Å². The van der Waals surface area contributed by atoms with Gasteiger partial charge >= 0.3 is 0 Å². The fourth-order valence-electron chi connectivity index (χ4n) is 3.02. The van der Waals surface area contributed by atoms with Gasteiger partial charge in [-0.1, -0.05) is 6.07 Å². The van der Waals surface area contributed by atoms with E-state index in [9.17, 15) is 0 Å². The lowest BCUT2D eigenvalue weighted by Gasteiger charge is -2.26. The monoisotopic (exact) mass is 378 g/mol. The lowest BCUT2D eigenvalue weighted by atomic mass is 10.1. The number of methoxy groups -OCH3 is 1. The molecule has 1 aromatic rings. The Morgan fingerprint density at radius 2 is 1.96 bits per heavy atom. The molecule has 0 spiro atoms. The first-order valence-corrected chi connectivity index (χ1v) is 9.81. The normalized spacial score (nSPS) is 15.4. The van der Waals surface area contributed by atoms with E-state index in [1.165, 1.54) is 5.56 Å². The maximum Gasteiger partial charge on any atom is 0.191 e. The van der Waals surface area contributed by atoms with Crippen molar-refractivity contribution in [1.29, 1.82) is 0 Å². The van der Waals surface area contributed by atoms with Crippen molar-refractivity contribution >= 4 is 5.96 Å². The van der Waals surface area contributed by atoms with E-state index in [1.54, 1.807) is 7.11 Å². The van der Waals surface area contributed by atoms with Crippen molar-refractivity contribution in [3.05, 3.63) is 23.8 Å². The second kappa shape index (κ2) is 12.4. The van der Waals surface area contributed by atoms with E-state index in [0.717, 1.165) is 76.2 Å². The summed E-state index contributed by atoms with van der Waals surface area (Å²) >= 11 is 0. The van der Waals surface area contributed by atoms with Crippen molar-refractivity contribution in [2.45, 2.75) is 19.8 Å². The van der Waals surface area contributed by atoms with Gasteiger partial charge in [0, 0.05) is 39.8 Å². The average Bonchev–Trinajstić information content (AvgIpc) is 2.71. The number of guanidine groups is 1. The quantitative estimate of drug-likeness (QED) is 0.366. The maximum atomic E-state index is 5.64. The molecule has 2 rings (SSSR count). The lowest BCUT2D eigenvalue weighted by Crippen LogP contribution is -2.44. The number of ether oxygens (including phenoxy) is 3. The molecular weight excluding hydrogens is 344 g/mol. The van der Waals surface area contributed by atoms with Gasteiger partial charge in [-0.3, -0.25) is 9.89 Å². The van der Waals surface area contributed by atoms with E-state index in [0.29, 0.717) is 6.61 Å². The Morgan fingerprint density at radius 3 is 2.67 bits per heavy atom. The predicted molar refractivity (Wildman–Crippen MR) is 109 cm³/mol. The largest absolute Gasteiger partial charge is 0.493 e. The van der Waals surface area contributed by atoms with Crippen LogP contribution in [-0.4, -0.2) is 77.6 Å². The van der Waals surface area contributed by atoms with E-state index in [1.807, 2.05) is 20.0 Å². The van der Waals surface area contributed by atoms with Crippen LogP contribution in [0.5, 0.6) is 11.5 Å². The molecule has 0 aromatic heterocycles. The van der Waals surface area contributed by atoms with Crippen molar-refractivity contribution in [2.75, 3.05) is 66.7 Å². The molecule has 1 aliphatic rings. The number of rotatable bonds is 10. The third-order valence-electron chi connectivity index (χ3n) is 4.51. The molecule has 0 amide bonds. The van der Waals surface area contributed by atoms with Crippen molar-refractivity contribution in [2.24, 2.45) is 4.99 Å². The Balaban J connectivity index is 1.66. The minimum Gasteiger partial charge on any atom is -0.493 e. The molecule has 152 valence electrons. The Hall–Kier alpha value is -1.99. The number of nitrogens with one attached hydrogen (secondary N) is 2. The fourth-order valence-corrected chi connectivity index (χ4v) is 3.02. The molecule has 1 fully saturated rings. The molecule has 0 aliphatic carbocycles. The molecule has 0 bridgehead atoms. The van der Waals surface area contributed by atoms with Gasteiger partial charge in [0.05, 0.1) is 26.9 Å². The predicted octanol–water partition coefficient (Wildman–Crippen LogP) is 1.52. The molecule has 7 nitrogen and oxygen atoms in total. The third kappa shape index (κ3) is 7.64. The second-order valence-corrected chi connectivity index (χ2v) is 6.40. The summed E-state index contributed by atoms with van der Waals surface area (Å²) < 4.78 is 16.3. The highest BCUT2D eigenvalue weighted by Gasteiger charge is 2.09. The Labute approximate surface area is 163 Å². The van der Waals surface area contributed by atoms with Crippen LogP contribution in [0.15, 0.2) is 23.2 Å². The maximum absolute atomic E-state index is 5.64.